The van der Waals surface area contributed by atoms with E-state index >= 15 is 0 Å². The molecule has 0 aromatic carbocycles. The van der Waals surface area contributed by atoms with E-state index in [-0.39, 0.29) is 18.2 Å². The van der Waals surface area contributed by atoms with Gasteiger partial charge in [0, 0.05) is 19.6 Å². The molecule has 0 aliphatic carbocycles. The van der Waals surface area contributed by atoms with Crippen LogP contribution in [-0.2, 0) is 11.3 Å². The summed E-state index contributed by atoms with van der Waals surface area (Å²) in [5.41, 5.74) is -0.749. The summed E-state index contributed by atoms with van der Waals surface area (Å²) in [6, 6.07) is 1.41. The summed E-state index contributed by atoms with van der Waals surface area (Å²) in [5, 5.41) is 22.1. The van der Waals surface area contributed by atoms with Crippen LogP contribution in [-0.4, -0.2) is 41.0 Å². The smallest absolute Gasteiger partial charge is 0.339 e. The number of hydrogen-bond acceptors (Lipinski definition) is 5. The van der Waals surface area contributed by atoms with Crippen LogP contribution < -0.4 is 5.32 Å². The van der Waals surface area contributed by atoms with E-state index in [1.807, 2.05) is 6.92 Å². The number of carbonyl (C=O) groups is 1. The number of ether oxygens (including phenoxy) is 1. The molecular weight excluding hydrogens is 238 g/mol. The number of aliphatic hydroxyl groups is 1. The van der Waals surface area contributed by atoms with Gasteiger partial charge < -0.3 is 24.7 Å². The predicted octanol–water partition coefficient (Wildman–Crippen LogP) is 0.607. The summed E-state index contributed by atoms with van der Waals surface area (Å²) < 4.78 is 10.4. The first-order chi connectivity index (χ1) is 8.53. The van der Waals surface area contributed by atoms with Crippen molar-refractivity contribution in [3.05, 3.63) is 23.7 Å². The Hall–Kier alpha value is -1.37. The largest absolute Gasteiger partial charge is 0.478 e. The fourth-order valence-corrected chi connectivity index (χ4v) is 2.06. The van der Waals surface area contributed by atoms with Gasteiger partial charge in [0.2, 0.25) is 0 Å². The Balaban J connectivity index is 1.89. The molecule has 6 heteroatoms. The van der Waals surface area contributed by atoms with Gasteiger partial charge in [0.1, 0.15) is 16.9 Å². The lowest BCUT2D eigenvalue weighted by Gasteiger charge is -2.26. The maximum Gasteiger partial charge on any atom is 0.339 e. The summed E-state index contributed by atoms with van der Waals surface area (Å²) in [5.74, 6) is -0.658. The van der Waals surface area contributed by atoms with Crippen LogP contribution in [0.2, 0.25) is 0 Å². The molecule has 0 radical (unpaired) electrons. The van der Waals surface area contributed by atoms with Crippen LogP contribution >= 0.6 is 0 Å². The zero-order chi connectivity index (χ0) is 13.2. The molecule has 0 saturated carbocycles. The maximum absolute atomic E-state index is 10.9. The molecule has 18 heavy (non-hydrogen) atoms. The van der Waals surface area contributed by atoms with Crippen molar-refractivity contribution >= 4 is 5.97 Å². The van der Waals surface area contributed by atoms with Gasteiger partial charge in [0.05, 0.1) is 18.9 Å². The molecule has 1 saturated heterocycles. The highest BCUT2D eigenvalue weighted by molar-refractivity contribution is 5.88. The highest BCUT2D eigenvalue weighted by atomic mass is 16.5. The number of aromatic carboxylic acids is 1. The maximum atomic E-state index is 10.9. The highest BCUT2D eigenvalue weighted by Gasteiger charge is 2.39. The molecule has 0 bridgehead atoms. The minimum absolute atomic E-state index is 0.144. The fourth-order valence-electron chi connectivity index (χ4n) is 2.06. The number of furan rings is 1. The molecule has 0 amide bonds. The highest BCUT2D eigenvalue weighted by Crippen LogP contribution is 2.24. The van der Waals surface area contributed by atoms with Crippen LogP contribution in [0.1, 0.15) is 29.5 Å². The zero-order valence-corrected chi connectivity index (χ0v) is 10.2. The molecule has 1 aromatic heterocycles. The van der Waals surface area contributed by atoms with Gasteiger partial charge in [-0.05, 0) is 13.0 Å². The van der Waals surface area contributed by atoms with Gasteiger partial charge >= 0.3 is 5.97 Å². The van der Waals surface area contributed by atoms with Gasteiger partial charge in [-0.2, -0.15) is 0 Å². The van der Waals surface area contributed by atoms with Crippen LogP contribution in [0.25, 0.3) is 0 Å². The number of nitrogens with one attached hydrogen (secondary N) is 1. The Morgan fingerprint density at radius 1 is 1.67 bits per heavy atom. The lowest BCUT2D eigenvalue weighted by atomic mass is 9.97. The van der Waals surface area contributed by atoms with Gasteiger partial charge in [-0.15, -0.1) is 0 Å². The molecule has 3 N–H and O–H groups in total. The number of carboxylic acid groups (broad SMARTS) is 1. The van der Waals surface area contributed by atoms with E-state index < -0.39 is 11.6 Å². The molecule has 1 aliphatic heterocycles. The third-order valence-corrected chi connectivity index (χ3v) is 3.35. The summed E-state index contributed by atoms with van der Waals surface area (Å²) in [4.78, 5) is 10.9. The average molecular weight is 255 g/mol. The lowest BCUT2D eigenvalue weighted by molar-refractivity contribution is -0.0265. The third kappa shape index (κ3) is 2.55. The normalized spacial score (nSPS) is 27.6. The quantitative estimate of drug-likeness (QED) is 0.714. The molecule has 1 aromatic rings. The molecule has 0 spiro atoms. The molecule has 1 aliphatic rings. The SMILES string of the molecule is CC1OCCC1(O)CNCc1occc1C(=O)O. The predicted molar refractivity (Wildman–Crippen MR) is 62.4 cm³/mol. The molecule has 1 fully saturated rings. The molecule has 6 nitrogen and oxygen atoms in total. The van der Waals surface area contributed by atoms with Gasteiger partial charge in [-0.1, -0.05) is 0 Å². The lowest BCUT2D eigenvalue weighted by Crippen LogP contribution is -2.45. The van der Waals surface area contributed by atoms with Gasteiger partial charge in [-0.3, -0.25) is 0 Å². The van der Waals surface area contributed by atoms with Crippen molar-refractivity contribution < 1.29 is 24.2 Å². The summed E-state index contributed by atoms with van der Waals surface area (Å²) >= 11 is 0. The topological polar surface area (TPSA) is 91.9 Å². The van der Waals surface area contributed by atoms with E-state index in [0.717, 1.165) is 0 Å². The van der Waals surface area contributed by atoms with E-state index in [2.05, 4.69) is 5.32 Å². The van der Waals surface area contributed by atoms with E-state index in [1.54, 1.807) is 0 Å². The van der Waals surface area contributed by atoms with E-state index in [0.29, 0.717) is 25.3 Å². The van der Waals surface area contributed by atoms with Crippen LogP contribution in [0.5, 0.6) is 0 Å². The monoisotopic (exact) mass is 255 g/mol. The zero-order valence-electron chi connectivity index (χ0n) is 10.2. The standard InChI is InChI=1S/C12H17NO5/c1-8-12(16,3-5-17-8)7-13-6-10-9(11(14)15)2-4-18-10/h2,4,8,13,16H,3,5-7H2,1H3,(H,14,15). The number of carboxylic acids is 1. The van der Waals surface area contributed by atoms with Crippen molar-refractivity contribution in [2.24, 2.45) is 0 Å². The van der Waals surface area contributed by atoms with E-state index in [1.165, 1.54) is 12.3 Å². The van der Waals surface area contributed by atoms with Crippen molar-refractivity contribution in [2.75, 3.05) is 13.2 Å². The molecule has 100 valence electrons. The van der Waals surface area contributed by atoms with E-state index in [9.17, 15) is 9.90 Å². The average Bonchev–Trinajstić information content (AvgIpc) is 2.88. The first-order valence-corrected chi connectivity index (χ1v) is 5.87. The molecule has 2 heterocycles. The molecule has 2 unspecified atom stereocenters. The second kappa shape index (κ2) is 5.09. The van der Waals surface area contributed by atoms with Gasteiger partial charge in [-0.25, -0.2) is 4.79 Å². The summed E-state index contributed by atoms with van der Waals surface area (Å²) in [7, 11) is 0. The van der Waals surface area contributed by atoms with Crippen LogP contribution in [0.3, 0.4) is 0 Å². The van der Waals surface area contributed by atoms with Crippen LogP contribution in [0, 0.1) is 0 Å². The van der Waals surface area contributed by atoms with Crippen LogP contribution in [0.4, 0.5) is 0 Å². The minimum atomic E-state index is -1.02. The Morgan fingerprint density at radius 2 is 2.44 bits per heavy atom. The molecule has 2 atom stereocenters. The van der Waals surface area contributed by atoms with Crippen molar-refractivity contribution in [1.29, 1.82) is 0 Å². The van der Waals surface area contributed by atoms with Gasteiger partial charge in [0.25, 0.3) is 0 Å². The molecular formula is C12H17NO5. The second-order valence-electron chi connectivity index (χ2n) is 4.53. The Labute approximate surface area is 105 Å². The first-order valence-electron chi connectivity index (χ1n) is 5.87. The van der Waals surface area contributed by atoms with E-state index in [4.69, 9.17) is 14.3 Å². The van der Waals surface area contributed by atoms with Crippen molar-refractivity contribution in [2.45, 2.75) is 31.6 Å². The Kier molecular flexibility index (Phi) is 3.70. The Morgan fingerprint density at radius 3 is 3.06 bits per heavy atom. The second-order valence-corrected chi connectivity index (χ2v) is 4.53. The number of rotatable bonds is 5. The first kappa shape index (κ1) is 13.1. The third-order valence-electron chi connectivity index (χ3n) is 3.35. The Bertz CT molecular complexity index is 430. The summed E-state index contributed by atoms with van der Waals surface area (Å²) in [6.45, 7) is 2.97. The van der Waals surface area contributed by atoms with Crippen LogP contribution in [0.15, 0.2) is 16.7 Å². The van der Waals surface area contributed by atoms with Crippen molar-refractivity contribution in [3.63, 3.8) is 0 Å². The van der Waals surface area contributed by atoms with Crippen molar-refractivity contribution in [1.82, 2.24) is 5.32 Å². The van der Waals surface area contributed by atoms with Gasteiger partial charge in [0.15, 0.2) is 0 Å². The van der Waals surface area contributed by atoms with Crippen molar-refractivity contribution in [3.8, 4) is 0 Å². The molecule has 2 rings (SSSR count). The minimum Gasteiger partial charge on any atom is -0.478 e. The number of hydrogen-bond donors (Lipinski definition) is 3. The fraction of sp³-hybridized carbons (Fsp3) is 0.583. The summed E-state index contributed by atoms with van der Waals surface area (Å²) in [6.07, 6.45) is 1.70.